The molecule has 2 fully saturated rings. The van der Waals surface area contributed by atoms with Crippen LogP contribution in [0.4, 0.5) is 5.82 Å². The van der Waals surface area contributed by atoms with E-state index in [0.29, 0.717) is 22.7 Å². The summed E-state index contributed by atoms with van der Waals surface area (Å²) in [4.78, 5) is 25.0. The van der Waals surface area contributed by atoms with Crippen molar-refractivity contribution in [3.8, 4) is 22.5 Å². The quantitative estimate of drug-likeness (QED) is 0.509. The van der Waals surface area contributed by atoms with Gasteiger partial charge in [-0.25, -0.2) is 14.5 Å². The molecule has 33 heavy (non-hydrogen) atoms. The van der Waals surface area contributed by atoms with Gasteiger partial charge in [-0.2, -0.15) is 5.10 Å². The first-order valence-corrected chi connectivity index (χ1v) is 11.4. The van der Waals surface area contributed by atoms with Gasteiger partial charge in [-0.15, -0.1) is 0 Å². The number of hydrogen-bond acceptors (Lipinski definition) is 6. The predicted octanol–water partition coefficient (Wildman–Crippen LogP) is 3.01. The Balaban J connectivity index is 1.40. The molecule has 0 saturated carbocycles. The van der Waals surface area contributed by atoms with Crippen LogP contribution in [0.3, 0.4) is 0 Å². The number of carbonyl (C=O) groups excluding carboxylic acids is 1. The predicted molar refractivity (Wildman–Crippen MR) is 127 cm³/mol. The third kappa shape index (κ3) is 3.52. The molecule has 1 aromatic carbocycles. The zero-order valence-corrected chi connectivity index (χ0v) is 18.2. The van der Waals surface area contributed by atoms with Crippen molar-refractivity contribution in [2.75, 3.05) is 18.8 Å². The number of rotatable bonds is 3. The van der Waals surface area contributed by atoms with Gasteiger partial charge in [-0.3, -0.25) is 4.79 Å². The van der Waals surface area contributed by atoms with Crippen LogP contribution in [0.1, 0.15) is 29.6 Å². The Morgan fingerprint density at radius 2 is 1.85 bits per heavy atom. The highest BCUT2D eigenvalue weighted by Gasteiger charge is 2.38. The number of anilines is 1. The molecule has 0 aliphatic carbocycles. The molecule has 2 saturated heterocycles. The van der Waals surface area contributed by atoms with Crippen LogP contribution in [-0.2, 0) is 0 Å². The largest absolute Gasteiger partial charge is 0.384 e. The van der Waals surface area contributed by atoms with Crippen LogP contribution in [0.2, 0.25) is 0 Å². The van der Waals surface area contributed by atoms with Crippen LogP contribution < -0.4 is 11.1 Å². The number of carbonyl (C=O) groups is 1. The molecule has 4 aromatic rings. The second kappa shape index (κ2) is 7.97. The molecule has 8 heteroatoms. The number of aromatic nitrogens is 4. The number of nitrogens with zero attached hydrogens (tertiary/aromatic N) is 5. The van der Waals surface area contributed by atoms with Gasteiger partial charge in [-0.05, 0) is 44.0 Å². The fraction of sp³-hybridized carbons (Fsp3) is 0.280. The lowest BCUT2D eigenvalue weighted by molar-refractivity contribution is 0.0680. The van der Waals surface area contributed by atoms with Crippen molar-refractivity contribution in [2.45, 2.75) is 31.3 Å². The number of nitrogen functional groups attached to an aromatic ring is 1. The van der Waals surface area contributed by atoms with Gasteiger partial charge in [0.1, 0.15) is 5.82 Å². The van der Waals surface area contributed by atoms with Gasteiger partial charge in [0.05, 0.1) is 23.1 Å². The van der Waals surface area contributed by atoms with Gasteiger partial charge in [-0.1, -0.05) is 30.3 Å². The van der Waals surface area contributed by atoms with E-state index in [9.17, 15) is 4.79 Å². The Kier molecular flexibility index (Phi) is 4.80. The average Bonchev–Trinajstić information content (AvgIpc) is 3.37. The number of hydrogen-bond donors (Lipinski definition) is 2. The Bertz CT molecular complexity index is 1320. The minimum absolute atomic E-state index is 0.0240. The smallest absolute Gasteiger partial charge is 0.254 e. The van der Waals surface area contributed by atoms with Crippen molar-refractivity contribution in [3.05, 3.63) is 66.5 Å². The molecular weight excluding hydrogens is 414 g/mol. The minimum Gasteiger partial charge on any atom is -0.384 e. The summed E-state index contributed by atoms with van der Waals surface area (Å²) in [6.07, 6.45) is 6.69. The first-order chi connectivity index (χ1) is 16.2. The first-order valence-electron chi connectivity index (χ1n) is 11.4. The Labute approximate surface area is 191 Å². The average molecular weight is 440 g/mol. The maximum atomic E-state index is 13.6. The highest BCUT2D eigenvalue weighted by Crippen LogP contribution is 2.31. The van der Waals surface area contributed by atoms with E-state index in [1.165, 1.54) is 0 Å². The Hall–Kier alpha value is -3.78. The topological polar surface area (TPSA) is 101 Å². The summed E-state index contributed by atoms with van der Waals surface area (Å²) in [5.74, 6) is 0.339. The van der Waals surface area contributed by atoms with Crippen molar-refractivity contribution >= 4 is 17.4 Å². The van der Waals surface area contributed by atoms with E-state index >= 15 is 0 Å². The molecule has 1 amide bonds. The molecule has 2 bridgehead atoms. The molecule has 6 rings (SSSR count). The zero-order chi connectivity index (χ0) is 22.4. The summed E-state index contributed by atoms with van der Waals surface area (Å²) in [6.45, 7) is 1.79. The van der Waals surface area contributed by atoms with Gasteiger partial charge < -0.3 is 16.0 Å². The molecule has 3 aromatic heterocycles. The van der Waals surface area contributed by atoms with Crippen LogP contribution in [0.15, 0.2) is 60.9 Å². The molecule has 5 heterocycles. The van der Waals surface area contributed by atoms with Crippen molar-refractivity contribution in [1.82, 2.24) is 29.8 Å². The maximum absolute atomic E-state index is 13.6. The lowest BCUT2D eigenvalue weighted by atomic mass is 10.1. The molecule has 166 valence electrons. The van der Waals surface area contributed by atoms with Crippen molar-refractivity contribution in [2.24, 2.45) is 0 Å². The maximum Gasteiger partial charge on any atom is 0.254 e. The van der Waals surface area contributed by atoms with Crippen LogP contribution in [-0.4, -0.2) is 55.6 Å². The molecule has 2 aliphatic rings. The van der Waals surface area contributed by atoms with E-state index in [1.54, 1.807) is 16.8 Å². The van der Waals surface area contributed by atoms with Crippen molar-refractivity contribution in [3.63, 3.8) is 0 Å². The first kappa shape index (κ1) is 19.9. The molecule has 0 spiro atoms. The number of fused-ring (bicyclic) bond motifs is 3. The molecule has 8 nitrogen and oxygen atoms in total. The standard InChI is InChI=1S/C25H25N7O/c26-23-13-17(25(33)32-18-6-7-19(32)14-27-10-8-18)12-22(29-23)20-15-28-31-11-9-21(30-24(20)31)16-4-2-1-3-5-16/h1-5,9,11-13,15,18-19,27H,6-8,10,14H2,(H2,26,29)/t18-,19+/m1/s1. The van der Waals surface area contributed by atoms with Gasteiger partial charge in [0.2, 0.25) is 0 Å². The fourth-order valence-corrected chi connectivity index (χ4v) is 5.10. The lowest BCUT2D eigenvalue weighted by Gasteiger charge is -2.28. The van der Waals surface area contributed by atoms with Gasteiger partial charge in [0, 0.05) is 36.0 Å². The monoisotopic (exact) mass is 439 g/mol. The number of benzene rings is 1. The third-order valence-corrected chi connectivity index (χ3v) is 6.70. The van der Waals surface area contributed by atoms with Crippen molar-refractivity contribution in [1.29, 1.82) is 0 Å². The fourth-order valence-electron chi connectivity index (χ4n) is 5.10. The van der Waals surface area contributed by atoms with Gasteiger partial charge in [0.25, 0.3) is 5.91 Å². The molecule has 0 unspecified atom stereocenters. The highest BCUT2D eigenvalue weighted by atomic mass is 16.2. The number of amides is 1. The van der Waals surface area contributed by atoms with E-state index in [4.69, 9.17) is 10.7 Å². The lowest BCUT2D eigenvalue weighted by Crippen LogP contribution is -2.42. The van der Waals surface area contributed by atoms with E-state index in [-0.39, 0.29) is 18.0 Å². The SMILES string of the molecule is Nc1cc(C(=O)N2[C@H]3CCNC[C@@H]2CC3)cc(-c2cnn3ccc(-c4ccccc4)nc23)n1. The molecule has 3 N–H and O–H groups in total. The number of nitrogens with one attached hydrogen (secondary N) is 1. The summed E-state index contributed by atoms with van der Waals surface area (Å²) < 4.78 is 1.72. The summed E-state index contributed by atoms with van der Waals surface area (Å²) in [7, 11) is 0. The Morgan fingerprint density at radius 1 is 1.00 bits per heavy atom. The summed E-state index contributed by atoms with van der Waals surface area (Å²) >= 11 is 0. The number of nitrogens with two attached hydrogens (primary N) is 1. The number of pyridine rings is 1. The van der Waals surface area contributed by atoms with E-state index < -0.39 is 0 Å². The van der Waals surface area contributed by atoms with Crippen molar-refractivity contribution < 1.29 is 4.79 Å². The van der Waals surface area contributed by atoms with Gasteiger partial charge >= 0.3 is 0 Å². The summed E-state index contributed by atoms with van der Waals surface area (Å²) in [6, 6.07) is 15.9. The Morgan fingerprint density at radius 3 is 2.73 bits per heavy atom. The summed E-state index contributed by atoms with van der Waals surface area (Å²) in [5.41, 5.74) is 10.6. The second-order valence-electron chi connectivity index (χ2n) is 8.76. The molecule has 2 aliphatic heterocycles. The molecular formula is C25H25N7O. The normalized spacial score (nSPS) is 20.2. The van der Waals surface area contributed by atoms with Crippen LogP contribution in [0, 0.1) is 0 Å². The van der Waals surface area contributed by atoms with Gasteiger partial charge in [0.15, 0.2) is 5.65 Å². The molecule has 2 atom stereocenters. The third-order valence-electron chi connectivity index (χ3n) is 6.70. The van der Waals surface area contributed by atoms with E-state index in [2.05, 4.69) is 20.3 Å². The molecule has 0 radical (unpaired) electrons. The van der Waals surface area contributed by atoms with Crippen LogP contribution >= 0.6 is 0 Å². The van der Waals surface area contributed by atoms with E-state index in [0.717, 1.165) is 49.2 Å². The van der Waals surface area contributed by atoms with E-state index in [1.807, 2.05) is 48.7 Å². The van der Waals surface area contributed by atoms with Crippen LogP contribution in [0.5, 0.6) is 0 Å². The second-order valence-corrected chi connectivity index (χ2v) is 8.76. The zero-order valence-electron chi connectivity index (χ0n) is 18.2. The van der Waals surface area contributed by atoms with Crippen LogP contribution in [0.25, 0.3) is 28.2 Å². The summed E-state index contributed by atoms with van der Waals surface area (Å²) in [5, 5.41) is 7.89. The minimum atomic E-state index is 0.0240. The highest BCUT2D eigenvalue weighted by molar-refractivity contribution is 5.97.